The van der Waals surface area contributed by atoms with E-state index in [-0.39, 0.29) is 0 Å². The SMILES string of the molecule is c1ccc(-c2ccc(-c3nc(-c4cccc(-c5cccc6c5-c5ccccc5C65c6ccccc6Oc6ccccc65)c4)nc(-c4cccc5ccccc45)n3)cc2)cc1. The molecule has 1 spiro atoms. The maximum absolute atomic E-state index is 6.59. The Morgan fingerprint density at radius 2 is 0.817 bits per heavy atom. The lowest BCUT2D eigenvalue weighted by molar-refractivity contribution is 0.436. The molecule has 2 heterocycles. The van der Waals surface area contributed by atoms with E-state index in [2.05, 4.69) is 206 Å². The molecule has 0 unspecified atom stereocenters. The second-order valence-corrected chi connectivity index (χ2v) is 15.5. The molecule has 12 rings (SSSR count). The van der Waals surface area contributed by atoms with Crippen LogP contribution in [0.1, 0.15) is 22.3 Å². The van der Waals surface area contributed by atoms with Crippen molar-refractivity contribution >= 4 is 10.8 Å². The minimum atomic E-state index is -0.544. The first kappa shape index (κ1) is 34.1. The van der Waals surface area contributed by atoms with Crippen LogP contribution < -0.4 is 4.74 Å². The van der Waals surface area contributed by atoms with E-state index in [0.717, 1.165) is 66.8 Å². The van der Waals surface area contributed by atoms with Gasteiger partial charge in [-0.05, 0) is 73.5 Å². The van der Waals surface area contributed by atoms with Crippen LogP contribution in [0.15, 0.2) is 212 Å². The highest BCUT2D eigenvalue weighted by Crippen LogP contribution is 2.63. The Morgan fingerprint density at radius 1 is 0.317 bits per heavy atom. The fourth-order valence-electron chi connectivity index (χ4n) is 9.59. The summed E-state index contributed by atoms with van der Waals surface area (Å²) in [5.74, 6) is 3.65. The Balaban J connectivity index is 1.04. The van der Waals surface area contributed by atoms with Crippen molar-refractivity contribution in [2.24, 2.45) is 0 Å². The van der Waals surface area contributed by atoms with Crippen LogP contribution in [0.5, 0.6) is 11.5 Å². The molecule has 0 atom stereocenters. The first-order chi connectivity index (χ1) is 29.7. The van der Waals surface area contributed by atoms with Crippen molar-refractivity contribution < 1.29 is 4.74 Å². The summed E-state index contributed by atoms with van der Waals surface area (Å²) in [5, 5.41) is 2.23. The van der Waals surface area contributed by atoms with Gasteiger partial charge in [-0.25, -0.2) is 15.0 Å². The third-order valence-electron chi connectivity index (χ3n) is 12.2. The zero-order valence-electron chi connectivity index (χ0n) is 32.5. The highest BCUT2D eigenvalue weighted by Gasteiger charge is 2.51. The lowest BCUT2D eigenvalue weighted by Gasteiger charge is -2.39. The molecule has 1 aromatic heterocycles. The molecule has 0 amide bonds. The zero-order valence-corrected chi connectivity index (χ0v) is 32.5. The smallest absolute Gasteiger partial charge is 0.164 e. The van der Waals surface area contributed by atoms with Gasteiger partial charge < -0.3 is 4.74 Å². The van der Waals surface area contributed by atoms with E-state index >= 15 is 0 Å². The molecule has 2 aliphatic rings. The molecule has 9 aromatic carbocycles. The van der Waals surface area contributed by atoms with Gasteiger partial charge in [-0.3, -0.25) is 0 Å². The Morgan fingerprint density at radius 3 is 1.62 bits per heavy atom. The molecule has 4 nitrogen and oxygen atoms in total. The van der Waals surface area contributed by atoms with Gasteiger partial charge in [-0.1, -0.05) is 194 Å². The van der Waals surface area contributed by atoms with Crippen LogP contribution in [0.2, 0.25) is 0 Å². The Labute approximate surface area is 348 Å². The van der Waals surface area contributed by atoms with Gasteiger partial charge in [0, 0.05) is 27.8 Å². The fraction of sp³-hybridized carbons (Fsp3) is 0.0179. The van der Waals surface area contributed by atoms with Gasteiger partial charge in [0.1, 0.15) is 11.5 Å². The summed E-state index contributed by atoms with van der Waals surface area (Å²) >= 11 is 0. The number of aromatic nitrogens is 3. The average molecular weight is 766 g/mol. The molecule has 0 bridgehead atoms. The topological polar surface area (TPSA) is 47.9 Å². The summed E-state index contributed by atoms with van der Waals surface area (Å²) in [6.45, 7) is 0. The van der Waals surface area contributed by atoms with Crippen molar-refractivity contribution in [2.75, 3.05) is 0 Å². The molecule has 10 aromatic rings. The van der Waals surface area contributed by atoms with Crippen molar-refractivity contribution in [1.82, 2.24) is 15.0 Å². The third kappa shape index (κ3) is 5.21. The van der Waals surface area contributed by atoms with Crippen LogP contribution in [-0.4, -0.2) is 15.0 Å². The monoisotopic (exact) mass is 765 g/mol. The van der Waals surface area contributed by atoms with Crippen molar-refractivity contribution in [1.29, 1.82) is 0 Å². The van der Waals surface area contributed by atoms with Crippen molar-refractivity contribution in [3.63, 3.8) is 0 Å². The van der Waals surface area contributed by atoms with Gasteiger partial charge in [0.25, 0.3) is 0 Å². The zero-order chi connectivity index (χ0) is 39.6. The van der Waals surface area contributed by atoms with Crippen molar-refractivity contribution in [2.45, 2.75) is 5.41 Å². The number of benzene rings is 9. The van der Waals surface area contributed by atoms with E-state index in [4.69, 9.17) is 19.7 Å². The average Bonchev–Trinajstić information content (AvgIpc) is 3.62. The molecule has 0 saturated heterocycles. The molecular formula is C56H35N3O. The van der Waals surface area contributed by atoms with Crippen LogP contribution in [0, 0.1) is 0 Å². The van der Waals surface area contributed by atoms with Crippen LogP contribution in [0.3, 0.4) is 0 Å². The Kier molecular flexibility index (Phi) is 7.72. The molecule has 0 N–H and O–H groups in total. The Bertz CT molecular complexity index is 3250. The minimum Gasteiger partial charge on any atom is -0.457 e. The van der Waals surface area contributed by atoms with Gasteiger partial charge in [0.2, 0.25) is 0 Å². The first-order valence-electron chi connectivity index (χ1n) is 20.4. The summed E-state index contributed by atoms with van der Waals surface area (Å²) in [6.07, 6.45) is 0. The highest BCUT2D eigenvalue weighted by molar-refractivity contribution is 5.98. The van der Waals surface area contributed by atoms with Crippen LogP contribution in [0.25, 0.3) is 78.3 Å². The van der Waals surface area contributed by atoms with Gasteiger partial charge in [0.05, 0.1) is 5.41 Å². The number of fused-ring (bicyclic) bond motifs is 10. The highest BCUT2D eigenvalue weighted by atomic mass is 16.5. The summed E-state index contributed by atoms with van der Waals surface area (Å²) in [4.78, 5) is 15.6. The van der Waals surface area contributed by atoms with E-state index in [9.17, 15) is 0 Å². The maximum Gasteiger partial charge on any atom is 0.164 e. The van der Waals surface area contributed by atoms with Crippen LogP contribution in [0.4, 0.5) is 0 Å². The predicted octanol–water partition coefficient (Wildman–Crippen LogP) is 13.8. The van der Waals surface area contributed by atoms with E-state index < -0.39 is 5.41 Å². The number of nitrogens with zero attached hydrogens (tertiary/aromatic N) is 3. The van der Waals surface area contributed by atoms with Crippen LogP contribution in [-0.2, 0) is 5.41 Å². The van der Waals surface area contributed by atoms with E-state index in [1.807, 2.05) is 6.07 Å². The van der Waals surface area contributed by atoms with Crippen molar-refractivity contribution in [3.8, 4) is 79.0 Å². The standard InChI is InChI=1S/C56H35N3O/c1-2-15-36(16-3-1)37-31-33-39(34-32-37)53-57-54(59-55(58-53)44-24-13-18-38-17-4-5-21-42(38)44)41-20-12-19-40(35-41)43-23-14-28-49-52(43)45-22-6-7-25-46(45)56(49)47-26-8-10-29-50(47)60-51-30-11-9-27-48(51)56/h1-35H. The molecule has 0 fully saturated rings. The number of para-hydroxylation sites is 2. The van der Waals surface area contributed by atoms with Gasteiger partial charge in [-0.2, -0.15) is 0 Å². The quantitative estimate of drug-likeness (QED) is 0.175. The minimum absolute atomic E-state index is 0.544. The van der Waals surface area contributed by atoms with Crippen LogP contribution >= 0.6 is 0 Å². The van der Waals surface area contributed by atoms with Gasteiger partial charge in [0.15, 0.2) is 17.5 Å². The summed E-state index contributed by atoms with van der Waals surface area (Å²) < 4.78 is 6.59. The van der Waals surface area contributed by atoms with E-state index in [0.29, 0.717) is 17.5 Å². The van der Waals surface area contributed by atoms with Gasteiger partial charge >= 0.3 is 0 Å². The molecular weight excluding hydrogens is 731 g/mol. The summed E-state index contributed by atoms with van der Waals surface area (Å²) in [5.41, 5.74) is 14.1. The molecule has 0 saturated carbocycles. The molecule has 1 aliphatic heterocycles. The van der Waals surface area contributed by atoms with Gasteiger partial charge in [-0.15, -0.1) is 0 Å². The molecule has 280 valence electrons. The normalized spacial score (nSPS) is 12.9. The summed E-state index contributed by atoms with van der Waals surface area (Å²) in [6, 6.07) is 74.9. The van der Waals surface area contributed by atoms with E-state index in [1.54, 1.807) is 0 Å². The van der Waals surface area contributed by atoms with E-state index in [1.165, 1.54) is 27.8 Å². The molecule has 0 radical (unpaired) electrons. The number of rotatable bonds is 5. The largest absolute Gasteiger partial charge is 0.457 e. The summed E-state index contributed by atoms with van der Waals surface area (Å²) in [7, 11) is 0. The number of hydrogen-bond acceptors (Lipinski definition) is 4. The molecule has 60 heavy (non-hydrogen) atoms. The number of ether oxygens (including phenoxy) is 1. The number of hydrogen-bond donors (Lipinski definition) is 0. The first-order valence-corrected chi connectivity index (χ1v) is 20.4. The second-order valence-electron chi connectivity index (χ2n) is 15.5. The predicted molar refractivity (Wildman–Crippen MR) is 242 cm³/mol. The lowest BCUT2D eigenvalue weighted by atomic mass is 9.66. The Hall–Kier alpha value is -7.95. The fourth-order valence-corrected chi connectivity index (χ4v) is 9.59. The van der Waals surface area contributed by atoms with Crippen molar-refractivity contribution in [3.05, 3.63) is 235 Å². The molecule has 1 aliphatic carbocycles. The third-order valence-corrected chi connectivity index (χ3v) is 12.2. The second kappa shape index (κ2) is 13.6. The lowest BCUT2D eigenvalue weighted by Crippen LogP contribution is -2.32. The maximum atomic E-state index is 6.59. The molecule has 4 heteroatoms.